The van der Waals surface area contributed by atoms with Crippen LogP contribution < -0.4 is 0 Å². The Hall–Kier alpha value is -1.13. The van der Waals surface area contributed by atoms with Gasteiger partial charge in [-0.1, -0.05) is 66.2 Å². The molecule has 4 aliphatic carbocycles. The maximum atomic E-state index is 15.0. The van der Waals surface area contributed by atoms with Crippen LogP contribution in [0.2, 0.25) is 0 Å². The Morgan fingerprint density at radius 2 is 1.50 bits per heavy atom. The molecule has 192 valence electrons. The summed E-state index contributed by atoms with van der Waals surface area (Å²) in [6.07, 6.45) is 11.7. The summed E-state index contributed by atoms with van der Waals surface area (Å²) >= 11 is 0. The number of sulfonamides is 1. The van der Waals surface area contributed by atoms with Gasteiger partial charge in [0.25, 0.3) is 0 Å². The molecule has 4 rings (SSSR count). The minimum Gasteiger partial charge on any atom is -0.460 e. The fraction of sp³-hybridized carbons (Fsp3) is 0.926. The standard InChI is InChI=1S/C27H44N2O4S/c1-19(2)23(18-28)25(30)33-24-17-20-15-16-27(24,26(20,3)4)34(31,32)29(21-11-7-5-8-12-21)22-13-9-6-10-14-22/h19-24H,5-17H2,1-4H3/t20-,23?,24-,27-/m1/s1. The summed E-state index contributed by atoms with van der Waals surface area (Å²) in [5, 5.41) is 9.55. The average Bonchev–Trinajstić information content (AvgIpc) is 3.18. The summed E-state index contributed by atoms with van der Waals surface area (Å²) in [7, 11) is -3.75. The third kappa shape index (κ3) is 4.01. The van der Waals surface area contributed by atoms with E-state index in [1.165, 1.54) is 12.8 Å². The summed E-state index contributed by atoms with van der Waals surface area (Å²) in [6.45, 7) is 7.83. The molecule has 0 aromatic heterocycles. The Kier molecular flexibility index (Phi) is 7.43. The zero-order valence-electron chi connectivity index (χ0n) is 21.6. The summed E-state index contributed by atoms with van der Waals surface area (Å²) in [6, 6.07) is 2.20. The number of rotatable bonds is 7. The van der Waals surface area contributed by atoms with Gasteiger partial charge in [0.15, 0.2) is 0 Å². The van der Waals surface area contributed by atoms with E-state index in [9.17, 15) is 18.5 Å². The minimum atomic E-state index is -3.75. The van der Waals surface area contributed by atoms with Crippen LogP contribution in [0.25, 0.3) is 0 Å². The topological polar surface area (TPSA) is 87.5 Å². The molecule has 4 aliphatic rings. The van der Waals surface area contributed by atoms with Crippen LogP contribution in [0.15, 0.2) is 0 Å². The zero-order valence-corrected chi connectivity index (χ0v) is 22.4. The Morgan fingerprint density at radius 1 is 0.971 bits per heavy atom. The number of carbonyl (C=O) groups is 1. The number of hydrogen-bond acceptors (Lipinski definition) is 5. The van der Waals surface area contributed by atoms with Crippen molar-refractivity contribution in [1.82, 2.24) is 4.31 Å². The molecule has 2 bridgehead atoms. The number of ether oxygens (including phenoxy) is 1. The van der Waals surface area contributed by atoms with Gasteiger partial charge < -0.3 is 4.74 Å². The van der Waals surface area contributed by atoms with Gasteiger partial charge in [-0.25, -0.2) is 8.42 Å². The third-order valence-electron chi connectivity index (χ3n) is 9.92. The lowest BCUT2D eigenvalue weighted by Gasteiger charge is -2.49. The van der Waals surface area contributed by atoms with Gasteiger partial charge >= 0.3 is 5.97 Å². The Bertz CT molecular complexity index is 878. The lowest BCUT2D eigenvalue weighted by molar-refractivity contribution is -0.155. The first-order valence-electron chi connectivity index (χ1n) is 13.7. The van der Waals surface area contributed by atoms with Gasteiger partial charge in [0, 0.05) is 12.1 Å². The van der Waals surface area contributed by atoms with Crippen molar-refractivity contribution in [3.8, 4) is 6.07 Å². The predicted molar refractivity (Wildman–Crippen MR) is 132 cm³/mol. The fourth-order valence-corrected chi connectivity index (χ4v) is 11.1. The summed E-state index contributed by atoms with van der Waals surface area (Å²) in [4.78, 5) is 13.0. The van der Waals surface area contributed by atoms with Gasteiger partial charge in [-0.3, -0.25) is 4.79 Å². The van der Waals surface area contributed by atoms with Crippen LogP contribution >= 0.6 is 0 Å². The SMILES string of the molecule is CC(C)C(C#N)C(=O)O[C@@H]1C[C@H]2CC[C@]1(S(=O)(=O)N(C1CCCCC1)C1CCCCC1)C2(C)C. The molecule has 1 unspecified atom stereocenters. The highest BCUT2D eigenvalue weighted by Gasteiger charge is 2.73. The van der Waals surface area contributed by atoms with Gasteiger partial charge in [-0.05, 0) is 62.2 Å². The molecule has 0 amide bonds. The first-order valence-corrected chi connectivity index (χ1v) is 15.1. The van der Waals surface area contributed by atoms with Crippen molar-refractivity contribution in [3.05, 3.63) is 0 Å². The van der Waals surface area contributed by atoms with Gasteiger partial charge in [0.2, 0.25) is 10.0 Å². The van der Waals surface area contributed by atoms with E-state index in [-0.39, 0.29) is 23.9 Å². The second-order valence-corrected chi connectivity index (χ2v) is 14.4. The van der Waals surface area contributed by atoms with Crippen LogP contribution in [0.5, 0.6) is 0 Å². The molecule has 0 aromatic rings. The van der Waals surface area contributed by atoms with E-state index in [0.29, 0.717) is 12.8 Å². The van der Waals surface area contributed by atoms with Crippen molar-refractivity contribution < 1.29 is 17.9 Å². The molecule has 0 spiro atoms. The number of esters is 1. The smallest absolute Gasteiger partial charge is 0.323 e. The molecule has 34 heavy (non-hydrogen) atoms. The Labute approximate surface area is 206 Å². The molecule has 6 nitrogen and oxygen atoms in total. The van der Waals surface area contributed by atoms with E-state index >= 15 is 0 Å². The maximum Gasteiger partial charge on any atom is 0.323 e. The van der Waals surface area contributed by atoms with Crippen molar-refractivity contribution in [2.24, 2.45) is 23.2 Å². The number of nitriles is 1. The van der Waals surface area contributed by atoms with E-state index < -0.39 is 38.2 Å². The molecule has 0 saturated heterocycles. The monoisotopic (exact) mass is 492 g/mol. The molecule has 7 heteroatoms. The second kappa shape index (κ2) is 9.73. The molecule has 0 N–H and O–H groups in total. The lowest BCUT2D eigenvalue weighted by atomic mass is 9.81. The van der Waals surface area contributed by atoms with E-state index in [2.05, 4.69) is 19.9 Å². The quantitative estimate of drug-likeness (QED) is 0.434. The number of hydrogen-bond donors (Lipinski definition) is 0. The van der Waals surface area contributed by atoms with Crippen LogP contribution in [0.1, 0.15) is 111 Å². The van der Waals surface area contributed by atoms with Crippen LogP contribution in [-0.4, -0.2) is 41.6 Å². The summed E-state index contributed by atoms with van der Waals surface area (Å²) < 4.78 is 36.8. The van der Waals surface area contributed by atoms with E-state index in [1.54, 1.807) is 0 Å². The first kappa shape index (κ1) is 25.9. The second-order valence-electron chi connectivity index (χ2n) is 12.3. The molecule has 4 atom stereocenters. The molecule has 0 aliphatic heterocycles. The molecule has 4 saturated carbocycles. The van der Waals surface area contributed by atoms with Crippen molar-refractivity contribution in [2.45, 2.75) is 134 Å². The van der Waals surface area contributed by atoms with Crippen molar-refractivity contribution in [1.29, 1.82) is 5.26 Å². The zero-order chi connectivity index (χ0) is 24.7. The first-order chi connectivity index (χ1) is 16.1. The van der Waals surface area contributed by atoms with Gasteiger partial charge in [0.1, 0.15) is 16.8 Å². The number of carbonyl (C=O) groups excluding carboxylic acids is 1. The van der Waals surface area contributed by atoms with E-state index in [1.807, 2.05) is 18.2 Å². The van der Waals surface area contributed by atoms with Crippen LogP contribution in [-0.2, 0) is 19.6 Å². The largest absolute Gasteiger partial charge is 0.460 e. The van der Waals surface area contributed by atoms with E-state index in [4.69, 9.17) is 4.74 Å². The Balaban J connectivity index is 1.74. The molecular weight excluding hydrogens is 448 g/mol. The molecular formula is C27H44N2O4S. The van der Waals surface area contributed by atoms with Crippen LogP contribution in [0, 0.1) is 34.5 Å². The molecule has 0 radical (unpaired) electrons. The lowest BCUT2D eigenvalue weighted by Crippen LogP contribution is -2.63. The predicted octanol–water partition coefficient (Wildman–Crippen LogP) is 5.57. The minimum absolute atomic E-state index is 0.0607. The van der Waals surface area contributed by atoms with Gasteiger partial charge in [-0.2, -0.15) is 9.57 Å². The summed E-state index contributed by atoms with van der Waals surface area (Å²) in [5.41, 5.74) is -0.474. The number of fused-ring (bicyclic) bond motifs is 2. The van der Waals surface area contributed by atoms with Gasteiger partial charge in [-0.15, -0.1) is 0 Å². The summed E-state index contributed by atoms with van der Waals surface area (Å²) in [5.74, 6) is -1.38. The van der Waals surface area contributed by atoms with E-state index in [0.717, 1.165) is 57.8 Å². The van der Waals surface area contributed by atoms with Crippen molar-refractivity contribution in [2.75, 3.05) is 0 Å². The fourth-order valence-electron chi connectivity index (χ4n) is 7.86. The normalized spacial score (nSPS) is 33.2. The van der Waals surface area contributed by atoms with Crippen molar-refractivity contribution >= 4 is 16.0 Å². The highest BCUT2D eigenvalue weighted by atomic mass is 32.2. The van der Waals surface area contributed by atoms with Crippen molar-refractivity contribution in [3.63, 3.8) is 0 Å². The van der Waals surface area contributed by atoms with Crippen LogP contribution in [0.3, 0.4) is 0 Å². The van der Waals surface area contributed by atoms with Gasteiger partial charge in [0.05, 0.1) is 6.07 Å². The molecule has 0 heterocycles. The Morgan fingerprint density at radius 3 is 1.94 bits per heavy atom. The highest BCUT2D eigenvalue weighted by molar-refractivity contribution is 7.90. The van der Waals surface area contributed by atoms with Crippen LogP contribution in [0.4, 0.5) is 0 Å². The number of nitrogens with zero attached hydrogens (tertiary/aromatic N) is 2. The average molecular weight is 493 g/mol. The molecule has 4 fully saturated rings. The molecule has 0 aromatic carbocycles. The maximum absolute atomic E-state index is 15.0. The highest BCUT2D eigenvalue weighted by Crippen LogP contribution is 2.65. The third-order valence-corrected chi connectivity index (χ3v) is 13.0.